The molecule has 0 aliphatic carbocycles. The lowest BCUT2D eigenvalue weighted by Crippen LogP contribution is -2.24. The van der Waals surface area contributed by atoms with Gasteiger partial charge in [-0.2, -0.15) is 0 Å². The monoisotopic (exact) mass is 251 g/mol. The largest absolute Gasteiger partial charge is 0.379 e. The van der Waals surface area contributed by atoms with E-state index in [0.717, 1.165) is 5.56 Å². The molecule has 18 heavy (non-hydrogen) atoms. The Morgan fingerprint density at radius 3 is 2.67 bits per heavy atom. The van der Waals surface area contributed by atoms with Crippen LogP contribution in [0.4, 0.5) is 11.4 Å². The first-order valence-electron chi connectivity index (χ1n) is 5.61. The average Bonchev–Trinajstić information content (AvgIpc) is 2.30. The normalized spacial score (nSPS) is 9.94. The average molecular weight is 251 g/mol. The van der Waals surface area contributed by atoms with Gasteiger partial charge in [-0.1, -0.05) is 6.07 Å². The zero-order valence-corrected chi connectivity index (χ0v) is 10.8. The zero-order valence-electron chi connectivity index (χ0n) is 10.8. The Bertz CT molecular complexity index is 458. The van der Waals surface area contributed by atoms with Crippen molar-refractivity contribution in [1.29, 1.82) is 0 Å². The first-order chi connectivity index (χ1) is 8.41. The molecule has 0 saturated heterocycles. The molecular formula is C12H17N3O3. The van der Waals surface area contributed by atoms with Crippen molar-refractivity contribution in [2.24, 2.45) is 0 Å². The summed E-state index contributed by atoms with van der Waals surface area (Å²) in [4.78, 5) is 23.3. The molecule has 0 atom stereocenters. The molecule has 0 bridgehead atoms. The van der Waals surface area contributed by atoms with Crippen LogP contribution in [0.25, 0.3) is 0 Å². The molecule has 0 aromatic heterocycles. The van der Waals surface area contributed by atoms with E-state index >= 15 is 0 Å². The molecule has 0 radical (unpaired) electrons. The van der Waals surface area contributed by atoms with Crippen LogP contribution in [-0.2, 0) is 4.79 Å². The second kappa shape index (κ2) is 6.00. The van der Waals surface area contributed by atoms with Crippen molar-refractivity contribution in [3.8, 4) is 0 Å². The van der Waals surface area contributed by atoms with E-state index in [1.807, 2.05) is 0 Å². The van der Waals surface area contributed by atoms with Gasteiger partial charge in [-0.25, -0.2) is 0 Å². The highest BCUT2D eigenvalue weighted by atomic mass is 16.6. The maximum atomic E-state index is 11.4. The van der Waals surface area contributed by atoms with Gasteiger partial charge in [0.15, 0.2) is 0 Å². The third kappa shape index (κ3) is 3.73. The first-order valence-corrected chi connectivity index (χ1v) is 5.61. The highest BCUT2D eigenvalue weighted by Gasteiger charge is 2.13. The molecule has 0 spiro atoms. The van der Waals surface area contributed by atoms with Crippen molar-refractivity contribution in [3.63, 3.8) is 0 Å². The minimum absolute atomic E-state index is 0.0164. The third-order valence-corrected chi connectivity index (χ3v) is 2.50. The third-order valence-electron chi connectivity index (χ3n) is 2.50. The van der Waals surface area contributed by atoms with Crippen LogP contribution in [0.15, 0.2) is 18.2 Å². The van der Waals surface area contributed by atoms with Crippen LogP contribution >= 0.6 is 0 Å². The molecule has 98 valence electrons. The maximum absolute atomic E-state index is 11.4. The fourth-order valence-corrected chi connectivity index (χ4v) is 1.47. The smallest absolute Gasteiger partial charge is 0.292 e. The molecule has 6 heteroatoms. The van der Waals surface area contributed by atoms with E-state index in [9.17, 15) is 14.9 Å². The van der Waals surface area contributed by atoms with Gasteiger partial charge in [-0.3, -0.25) is 14.9 Å². The standard InChI is InChI=1S/C12H17N3O3/c1-9-4-5-10(11(8-9)15(17)18)13-7-6-12(16)14(2)3/h4-5,8,13H,6-7H2,1-3H3. The molecule has 6 nitrogen and oxygen atoms in total. The van der Waals surface area contributed by atoms with E-state index in [0.29, 0.717) is 18.7 Å². The SMILES string of the molecule is Cc1ccc(NCCC(=O)N(C)C)c([N+](=O)[O-])c1. The summed E-state index contributed by atoms with van der Waals surface area (Å²) in [7, 11) is 3.35. The molecule has 0 saturated carbocycles. The molecule has 0 aliphatic heterocycles. The number of nitrogens with one attached hydrogen (secondary N) is 1. The van der Waals surface area contributed by atoms with Gasteiger partial charge in [-0.05, 0) is 18.6 Å². The number of hydrogen-bond donors (Lipinski definition) is 1. The minimum Gasteiger partial charge on any atom is -0.379 e. The Hall–Kier alpha value is -2.11. The lowest BCUT2D eigenvalue weighted by molar-refractivity contribution is -0.384. The van der Waals surface area contributed by atoms with Crippen LogP contribution in [-0.4, -0.2) is 36.4 Å². The number of anilines is 1. The number of carbonyl (C=O) groups is 1. The topological polar surface area (TPSA) is 75.5 Å². The van der Waals surface area contributed by atoms with Crippen LogP contribution in [0.2, 0.25) is 0 Å². The summed E-state index contributed by atoms with van der Waals surface area (Å²) in [6.45, 7) is 2.17. The Kier molecular flexibility index (Phi) is 4.65. The minimum atomic E-state index is -0.427. The van der Waals surface area contributed by atoms with Crippen molar-refractivity contribution in [2.75, 3.05) is 26.0 Å². The Labute approximate surface area is 106 Å². The summed E-state index contributed by atoms with van der Waals surface area (Å²) in [6.07, 6.45) is 0.304. The molecule has 0 fully saturated rings. The quantitative estimate of drug-likeness (QED) is 0.639. The second-order valence-electron chi connectivity index (χ2n) is 4.24. The predicted octanol–water partition coefficient (Wildman–Crippen LogP) is 1.79. The Balaban J connectivity index is 2.68. The summed E-state index contributed by atoms with van der Waals surface area (Å²) in [5.74, 6) is -0.0164. The lowest BCUT2D eigenvalue weighted by Gasteiger charge is -2.11. The Morgan fingerprint density at radius 2 is 2.11 bits per heavy atom. The van der Waals surface area contributed by atoms with E-state index in [-0.39, 0.29) is 11.6 Å². The van der Waals surface area contributed by atoms with E-state index in [1.165, 1.54) is 11.0 Å². The van der Waals surface area contributed by atoms with Gasteiger partial charge >= 0.3 is 0 Å². The highest BCUT2D eigenvalue weighted by Crippen LogP contribution is 2.25. The van der Waals surface area contributed by atoms with Crippen molar-refractivity contribution in [1.82, 2.24) is 4.90 Å². The molecule has 1 rings (SSSR count). The van der Waals surface area contributed by atoms with Crippen molar-refractivity contribution >= 4 is 17.3 Å². The number of aryl methyl sites for hydroxylation is 1. The number of carbonyl (C=O) groups excluding carboxylic acids is 1. The van der Waals surface area contributed by atoms with E-state index in [2.05, 4.69) is 5.32 Å². The fraction of sp³-hybridized carbons (Fsp3) is 0.417. The zero-order chi connectivity index (χ0) is 13.7. The molecule has 1 N–H and O–H groups in total. The Morgan fingerprint density at radius 1 is 1.44 bits per heavy atom. The number of benzene rings is 1. The van der Waals surface area contributed by atoms with Gasteiger partial charge in [0.2, 0.25) is 5.91 Å². The number of nitro benzene ring substituents is 1. The van der Waals surface area contributed by atoms with Crippen LogP contribution in [0.3, 0.4) is 0 Å². The molecule has 1 amide bonds. The highest BCUT2D eigenvalue weighted by molar-refractivity contribution is 5.76. The number of hydrogen-bond acceptors (Lipinski definition) is 4. The van der Waals surface area contributed by atoms with E-state index < -0.39 is 4.92 Å². The van der Waals surface area contributed by atoms with Gasteiger partial charge in [0.25, 0.3) is 5.69 Å². The molecule has 1 aromatic carbocycles. The van der Waals surface area contributed by atoms with Crippen LogP contribution in [0, 0.1) is 17.0 Å². The van der Waals surface area contributed by atoms with Gasteiger partial charge < -0.3 is 10.2 Å². The fourth-order valence-electron chi connectivity index (χ4n) is 1.47. The number of amides is 1. The van der Waals surface area contributed by atoms with E-state index in [1.54, 1.807) is 33.2 Å². The second-order valence-corrected chi connectivity index (χ2v) is 4.24. The first kappa shape index (κ1) is 14.0. The van der Waals surface area contributed by atoms with E-state index in [4.69, 9.17) is 0 Å². The lowest BCUT2D eigenvalue weighted by atomic mass is 10.2. The molecule has 0 aliphatic rings. The van der Waals surface area contributed by atoms with Crippen LogP contribution < -0.4 is 5.32 Å². The van der Waals surface area contributed by atoms with Gasteiger partial charge in [0, 0.05) is 33.1 Å². The maximum Gasteiger partial charge on any atom is 0.292 e. The van der Waals surface area contributed by atoms with Crippen molar-refractivity contribution < 1.29 is 9.72 Å². The van der Waals surface area contributed by atoms with Crippen LogP contribution in [0.1, 0.15) is 12.0 Å². The van der Waals surface area contributed by atoms with Gasteiger partial charge in [0.1, 0.15) is 5.69 Å². The summed E-state index contributed by atoms with van der Waals surface area (Å²) < 4.78 is 0. The molecule has 1 aromatic rings. The summed E-state index contributed by atoms with van der Waals surface area (Å²) in [6, 6.07) is 4.97. The number of nitro groups is 1. The molecule has 0 heterocycles. The molecule has 0 unspecified atom stereocenters. The van der Waals surface area contributed by atoms with Gasteiger partial charge in [-0.15, -0.1) is 0 Å². The van der Waals surface area contributed by atoms with Gasteiger partial charge in [0.05, 0.1) is 4.92 Å². The van der Waals surface area contributed by atoms with Crippen molar-refractivity contribution in [2.45, 2.75) is 13.3 Å². The summed E-state index contributed by atoms with van der Waals surface area (Å²) >= 11 is 0. The predicted molar refractivity (Wildman–Crippen MR) is 69.6 cm³/mol. The number of nitrogens with zero attached hydrogens (tertiary/aromatic N) is 2. The summed E-state index contributed by atoms with van der Waals surface area (Å²) in [5.41, 5.74) is 1.31. The summed E-state index contributed by atoms with van der Waals surface area (Å²) in [5, 5.41) is 13.8. The molecular weight excluding hydrogens is 234 g/mol. The van der Waals surface area contributed by atoms with Crippen molar-refractivity contribution in [3.05, 3.63) is 33.9 Å². The number of rotatable bonds is 5. The van der Waals surface area contributed by atoms with Crippen LogP contribution in [0.5, 0.6) is 0 Å².